The van der Waals surface area contributed by atoms with E-state index in [1.165, 1.54) is 0 Å². The van der Waals surface area contributed by atoms with E-state index in [1.807, 2.05) is 17.8 Å². The van der Waals surface area contributed by atoms with Crippen LogP contribution in [0.1, 0.15) is 20.8 Å². The zero-order chi connectivity index (χ0) is 10.3. The normalized spacial score (nSPS) is 12.2. The van der Waals surface area contributed by atoms with Crippen molar-refractivity contribution in [3.05, 3.63) is 22.4 Å². The van der Waals surface area contributed by atoms with Gasteiger partial charge in [-0.05, 0) is 26.8 Å². The number of thiazole rings is 1. The first-order valence-electron chi connectivity index (χ1n) is 4.45. The van der Waals surface area contributed by atoms with Crippen molar-refractivity contribution < 1.29 is 0 Å². The van der Waals surface area contributed by atoms with Gasteiger partial charge in [-0.15, -0.1) is 11.3 Å². The molecule has 0 aromatic carbocycles. The van der Waals surface area contributed by atoms with Gasteiger partial charge in [0.2, 0.25) is 0 Å². The van der Waals surface area contributed by atoms with Crippen molar-refractivity contribution in [3.63, 3.8) is 0 Å². The maximum atomic E-state index is 5.43. The molecule has 2 nitrogen and oxygen atoms in total. The van der Waals surface area contributed by atoms with Gasteiger partial charge in [-0.25, -0.2) is 4.98 Å². The SMILES string of the molecule is CC(C)(C)n1ccc2ncsc2c1=S. The highest BCUT2D eigenvalue weighted by atomic mass is 32.1. The summed E-state index contributed by atoms with van der Waals surface area (Å²) in [5.74, 6) is 0. The van der Waals surface area contributed by atoms with Gasteiger partial charge in [0.25, 0.3) is 0 Å². The van der Waals surface area contributed by atoms with Gasteiger partial charge < -0.3 is 4.57 Å². The smallest absolute Gasteiger partial charge is 0.126 e. The lowest BCUT2D eigenvalue weighted by molar-refractivity contribution is 0.392. The van der Waals surface area contributed by atoms with Crippen molar-refractivity contribution >= 4 is 33.8 Å². The molecule has 0 saturated carbocycles. The summed E-state index contributed by atoms with van der Waals surface area (Å²) >= 11 is 7.04. The molecule has 14 heavy (non-hydrogen) atoms. The monoisotopic (exact) mass is 224 g/mol. The second-order valence-corrected chi connectivity index (χ2v) is 5.47. The van der Waals surface area contributed by atoms with Gasteiger partial charge in [0.15, 0.2) is 0 Å². The van der Waals surface area contributed by atoms with E-state index in [2.05, 4.69) is 30.3 Å². The van der Waals surface area contributed by atoms with Crippen LogP contribution >= 0.6 is 23.6 Å². The molecule has 0 aliphatic carbocycles. The predicted molar refractivity (Wildman–Crippen MR) is 63.4 cm³/mol. The molecule has 2 rings (SSSR count). The fourth-order valence-electron chi connectivity index (χ4n) is 1.38. The van der Waals surface area contributed by atoms with E-state index in [4.69, 9.17) is 12.2 Å². The molecule has 2 aromatic heterocycles. The topological polar surface area (TPSA) is 17.8 Å². The Balaban J connectivity index is 2.81. The molecule has 0 atom stereocenters. The number of rotatable bonds is 0. The summed E-state index contributed by atoms with van der Waals surface area (Å²) in [6, 6.07) is 2.02. The minimum absolute atomic E-state index is 0.0370. The summed E-state index contributed by atoms with van der Waals surface area (Å²) < 4.78 is 4.11. The average molecular weight is 224 g/mol. The maximum Gasteiger partial charge on any atom is 0.126 e. The lowest BCUT2D eigenvalue weighted by atomic mass is 10.1. The van der Waals surface area contributed by atoms with Crippen LogP contribution < -0.4 is 0 Å². The zero-order valence-electron chi connectivity index (χ0n) is 8.44. The molecule has 2 aromatic rings. The Bertz CT molecular complexity index is 517. The van der Waals surface area contributed by atoms with Crippen LogP contribution in [0.2, 0.25) is 0 Å². The minimum Gasteiger partial charge on any atom is -0.333 e. The fraction of sp³-hybridized carbons (Fsp3) is 0.400. The van der Waals surface area contributed by atoms with Crippen molar-refractivity contribution in [2.45, 2.75) is 26.3 Å². The minimum atomic E-state index is 0.0370. The van der Waals surface area contributed by atoms with Crippen LogP contribution in [0.15, 0.2) is 17.8 Å². The van der Waals surface area contributed by atoms with Gasteiger partial charge in [-0.3, -0.25) is 0 Å². The zero-order valence-corrected chi connectivity index (χ0v) is 10.1. The van der Waals surface area contributed by atoms with Crippen LogP contribution in [-0.4, -0.2) is 9.55 Å². The number of aromatic nitrogens is 2. The van der Waals surface area contributed by atoms with Crippen LogP contribution in [0.5, 0.6) is 0 Å². The third kappa shape index (κ3) is 1.48. The highest BCUT2D eigenvalue weighted by Gasteiger charge is 2.14. The molecule has 74 valence electrons. The standard InChI is InChI=1S/C10H12N2S2/c1-10(2,3)12-5-4-7-8(9(12)13)14-6-11-7/h4-6H,1-3H3. The summed E-state index contributed by atoms with van der Waals surface area (Å²) in [6.45, 7) is 6.45. The molecule has 0 radical (unpaired) electrons. The number of nitrogens with zero attached hydrogens (tertiary/aromatic N) is 2. The third-order valence-corrected chi connectivity index (χ3v) is 3.49. The van der Waals surface area contributed by atoms with Crippen LogP contribution in [0, 0.1) is 4.64 Å². The van der Waals surface area contributed by atoms with Crippen molar-refractivity contribution in [3.8, 4) is 0 Å². The Morgan fingerprint density at radius 2 is 2.14 bits per heavy atom. The van der Waals surface area contributed by atoms with E-state index in [0.717, 1.165) is 14.9 Å². The summed E-state index contributed by atoms with van der Waals surface area (Å²) in [5.41, 5.74) is 2.88. The second kappa shape index (κ2) is 3.14. The van der Waals surface area contributed by atoms with Crippen LogP contribution in [0.3, 0.4) is 0 Å². The molecule has 0 unspecified atom stereocenters. The number of pyridine rings is 1. The van der Waals surface area contributed by atoms with E-state index >= 15 is 0 Å². The first-order valence-corrected chi connectivity index (χ1v) is 5.74. The number of hydrogen-bond acceptors (Lipinski definition) is 3. The van der Waals surface area contributed by atoms with Gasteiger partial charge in [-0.1, -0.05) is 12.2 Å². The highest BCUT2D eigenvalue weighted by molar-refractivity contribution is 7.71. The number of hydrogen-bond donors (Lipinski definition) is 0. The summed E-state index contributed by atoms with van der Waals surface area (Å²) in [6.07, 6.45) is 2.02. The van der Waals surface area contributed by atoms with E-state index < -0.39 is 0 Å². The Labute approximate surface area is 92.2 Å². The Morgan fingerprint density at radius 1 is 1.43 bits per heavy atom. The van der Waals surface area contributed by atoms with Gasteiger partial charge in [0, 0.05) is 11.7 Å². The number of fused-ring (bicyclic) bond motifs is 1. The molecule has 0 N–H and O–H groups in total. The van der Waals surface area contributed by atoms with Crippen LogP contribution in [-0.2, 0) is 5.54 Å². The first kappa shape index (κ1) is 9.80. The highest BCUT2D eigenvalue weighted by Crippen LogP contribution is 2.23. The summed E-state index contributed by atoms with van der Waals surface area (Å²) in [7, 11) is 0. The first-order chi connectivity index (χ1) is 6.50. The van der Waals surface area contributed by atoms with E-state index in [1.54, 1.807) is 11.3 Å². The molecular formula is C10H12N2S2. The molecule has 0 aliphatic heterocycles. The van der Waals surface area contributed by atoms with Crippen LogP contribution in [0.4, 0.5) is 0 Å². The predicted octanol–water partition coefficient (Wildman–Crippen LogP) is 3.58. The molecule has 0 fully saturated rings. The fourth-order valence-corrected chi connectivity index (χ4v) is 2.68. The molecule has 0 spiro atoms. The molecule has 0 saturated heterocycles. The molecule has 4 heteroatoms. The van der Waals surface area contributed by atoms with Gasteiger partial charge >= 0.3 is 0 Å². The second-order valence-electron chi connectivity index (χ2n) is 4.23. The quantitative estimate of drug-likeness (QED) is 0.636. The van der Waals surface area contributed by atoms with Gasteiger partial charge in [-0.2, -0.15) is 0 Å². The Hall–Kier alpha value is -0.740. The van der Waals surface area contributed by atoms with Crippen molar-refractivity contribution in [1.82, 2.24) is 9.55 Å². The van der Waals surface area contributed by atoms with Gasteiger partial charge in [0.1, 0.15) is 4.64 Å². The lowest BCUT2D eigenvalue weighted by Crippen LogP contribution is -2.22. The average Bonchev–Trinajstić information content (AvgIpc) is 2.50. The van der Waals surface area contributed by atoms with Crippen molar-refractivity contribution in [2.75, 3.05) is 0 Å². The van der Waals surface area contributed by atoms with E-state index in [0.29, 0.717) is 0 Å². The molecular weight excluding hydrogens is 212 g/mol. The molecule has 0 aliphatic rings. The van der Waals surface area contributed by atoms with E-state index in [9.17, 15) is 0 Å². The summed E-state index contributed by atoms with van der Waals surface area (Å²) in [5, 5.41) is 0. The Kier molecular flexibility index (Phi) is 2.20. The maximum absolute atomic E-state index is 5.43. The van der Waals surface area contributed by atoms with Crippen molar-refractivity contribution in [1.29, 1.82) is 0 Å². The lowest BCUT2D eigenvalue weighted by Gasteiger charge is -2.23. The van der Waals surface area contributed by atoms with Crippen LogP contribution in [0.25, 0.3) is 10.2 Å². The summed E-state index contributed by atoms with van der Waals surface area (Å²) in [4.78, 5) is 4.24. The molecule has 2 heterocycles. The molecule has 0 amide bonds. The largest absolute Gasteiger partial charge is 0.333 e. The molecule has 0 bridgehead atoms. The van der Waals surface area contributed by atoms with Crippen molar-refractivity contribution in [2.24, 2.45) is 0 Å². The third-order valence-electron chi connectivity index (χ3n) is 2.11. The van der Waals surface area contributed by atoms with Gasteiger partial charge in [0.05, 0.1) is 15.7 Å². The Morgan fingerprint density at radius 3 is 2.79 bits per heavy atom. The van der Waals surface area contributed by atoms with E-state index in [-0.39, 0.29) is 5.54 Å².